The number of hydrogen-bond acceptors (Lipinski definition) is 3. The molecule has 0 heterocycles. The summed E-state index contributed by atoms with van der Waals surface area (Å²) < 4.78 is 28.8. The molecule has 1 aromatic rings. The average Bonchev–Trinajstić information content (AvgIpc) is 2.56. The molecule has 0 spiro atoms. The molecule has 0 amide bonds. The van der Waals surface area contributed by atoms with Gasteiger partial charge in [-0.15, -0.1) is 0 Å². The van der Waals surface area contributed by atoms with Crippen LogP contribution in [0.1, 0.15) is 85.4 Å². The summed E-state index contributed by atoms with van der Waals surface area (Å²) in [6.45, 7) is 2.25. The van der Waals surface area contributed by atoms with Crippen LogP contribution >= 0.6 is 0 Å². The van der Waals surface area contributed by atoms with Gasteiger partial charge in [0, 0.05) is 0 Å². The molecule has 0 aliphatic carbocycles. The zero-order valence-corrected chi connectivity index (χ0v) is 20.2. The SMILES string of the molecule is CCCCCCCCCCCCCCS(=O)(=O)Oc1ccccc1.[H-].[K+]. The molecule has 0 N–H and O–H groups in total. The third kappa shape index (κ3) is 15.4. The van der Waals surface area contributed by atoms with Crippen molar-refractivity contribution in [2.75, 3.05) is 5.75 Å². The predicted octanol–water partition coefficient (Wildman–Crippen LogP) is 3.21. The first kappa shape index (κ1) is 25.6. The summed E-state index contributed by atoms with van der Waals surface area (Å²) >= 11 is 0. The van der Waals surface area contributed by atoms with Gasteiger partial charge in [0.1, 0.15) is 5.75 Å². The van der Waals surface area contributed by atoms with Crippen molar-refractivity contribution in [3.8, 4) is 5.75 Å². The van der Waals surface area contributed by atoms with E-state index in [1.807, 2.05) is 6.07 Å². The Balaban J connectivity index is 0. The smallest absolute Gasteiger partial charge is 1.00 e. The van der Waals surface area contributed by atoms with Crippen molar-refractivity contribution in [3.63, 3.8) is 0 Å². The molecule has 5 heteroatoms. The second-order valence-corrected chi connectivity index (χ2v) is 8.24. The molecule has 0 bridgehead atoms. The fraction of sp³-hybridized carbons (Fsp3) is 0.700. The van der Waals surface area contributed by atoms with Crippen LogP contribution in [0.3, 0.4) is 0 Å². The standard InChI is InChI=1S/C20H34O3S.K.H/c1-2-3-4-5-6-7-8-9-10-11-12-16-19-24(21,22)23-20-17-14-13-15-18-20;;/h13-15,17-18H,2-12,16,19H2,1H3;;/q;+1;-1. The maximum Gasteiger partial charge on any atom is 1.00 e. The van der Waals surface area contributed by atoms with Crippen LogP contribution in [-0.4, -0.2) is 14.2 Å². The molecule has 0 saturated carbocycles. The first-order chi connectivity index (χ1) is 11.6. The van der Waals surface area contributed by atoms with Crippen molar-refractivity contribution in [2.24, 2.45) is 0 Å². The second kappa shape index (κ2) is 16.8. The summed E-state index contributed by atoms with van der Waals surface area (Å²) in [6, 6.07) is 8.72. The van der Waals surface area contributed by atoms with Crippen molar-refractivity contribution < 1.29 is 65.4 Å². The number of para-hydroxylation sites is 1. The van der Waals surface area contributed by atoms with Crippen molar-refractivity contribution in [1.29, 1.82) is 0 Å². The topological polar surface area (TPSA) is 43.4 Å². The normalized spacial score (nSPS) is 11.1. The fourth-order valence-electron chi connectivity index (χ4n) is 2.78. The van der Waals surface area contributed by atoms with E-state index in [0.717, 1.165) is 12.8 Å². The van der Waals surface area contributed by atoms with Gasteiger partial charge < -0.3 is 5.61 Å². The van der Waals surface area contributed by atoms with Crippen LogP contribution in [0.25, 0.3) is 0 Å². The molecule has 0 atom stereocenters. The van der Waals surface area contributed by atoms with Crippen LogP contribution in [-0.2, 0) is 10.1 Å². The van der Waals surface area contributed by atoms with Gasteiger partial charge in [0.15, 0.2) is 0 Å². The number of benzene rings is 1. The molecule has 0 fully saturated rings. The third-order valence-electron chi connectivity index (χ3n) is 4.21. The molecular weight excluding hydrogens is 359 g/mol. The molecular formula is C20H35KO3S. The Morgan fingerprint density at radius 3 is 1.68 bits per heavy atom. The van der Waals surface area contributed by atoms with Gasteiger partial charge in [-0.2, -0.15) is 8.42 Å². The monoisotopic (exact) mass is 394 g/mol. The number of rotatable bonds is 15. The van der Waals surface area contributed by atoms with Crippen LogP contribution in [0.15, 0.2) is 30.3 Å². The summed E-state index contributed by atoms with van der Waals surface area (Å²) in [5, 5.41) is 0. The minimum absolute atomic E-state index is 0. The van der Waals surface area contributed by atoms with E-state index in [-0.39, 0.29) is 58.6 Å². The van der Waals surface area contributed by atoms with Gasteiger partial charge in [0.05, 0.1) is 5.75 Å². The largest absolute Gasteiger partial charge is 1.00 e. The van der Waals surface area contributed by atoms with E-state index in [2.05, 4.69) is 6.92 Å². The molecule has 0 radical (unpaired) electrons. The van der Waals surface area contributed by atoms with E-state index >= 15 is 0 Å². The van der Waals surface area contributed by atoms with Gasteiger partial charge in [-0.1, -0.05) is 95.8 Å². The summed E-state index contributed by atoms with van der Waals surface area (Å²) in [5.41, 5.74) is 0. The Hall–Kier alpha value is 0.606. The van der Waals surface area contributed by atoms with Crippen molar-refractivity contribution in [3.05, 3.63) is 30.3 Å². The zero-order valence-electron chi connectivity index (χ0n) is 17.2. The number of unbranched alkanes of at least 4 members (excludes halogenated alkanes) is 11. The third-order valence-corrected chi connectivity index (χ3v) is 5.45. The van der Waals surface area contributed by atoms with Crippen LogP contribution in [0.4, 0.5) is 0 Å². The molecule has 0 saturated heterocycles. The molecule has 1 aromatic carbocycles. The molecule has 0 aliphatic heterocycles. The van der Waals surface area contributed by atoms with E-state index in [1.165, 1.54) is 57.8 Å². The van der Waals surface area contributed by atoms with E-state index in [9.17, 15) is 8.42 Å². The summed E-state index contributed by atoms with van der Waals surface area (Å²) in [4.78, 5) is 0. The molecule has 0 aliphatic rings. The summed E-state index contributed by atoms with van der Waals surface area (Å²) in [7, 11) is -3.45. The van der Waals surface area contributed by atoms with Gasteiger partial charge in [-0.3, -0.25) is 0 Å². The molecule has 25 heavy (non-hydrogen) atoms. The molecule has 3 nitrogen and oxygen atoms in total. The molecule has 140 valence electrons. The summed E-state index contributed by atoms with van der Waals surface area (Å²) in [6.07, 6.45) is 14.8. The van der Waals surface area contributed by atoms with E-state index < -0.39 is 10.1 Å². The van der Waals surface area contributed by atoms with Crippen molar-refractivity contribution >= 4 is 10.1 Å². The first-order valence-corrected chi connectivity index (χ1v) is 11.2. The predicted molar refractivity (Wildman–Crippen MR) is 103 cm³/mol. The Morgan fingerprint density at radius 2 is 1.20 bits per heavy atom. The van der Waals surface area contributed by atoms with Crippen LogP contribution < -0.4 is 55.6 Å². The maximum atomic E-state index is 11.9. The van der Waals surface area contributed by atoms with Gasteiger partial charge in [0.2, 0.25) is 0 Å². The minimum atomic E-state index is -3.45. The van der Waals surface area contributed by atoms with Crippen LogP contribution in [0.2, 0.25) is 0 Å². The Kier molecular flexibility index (Phi) is 17.2. The number of hydrogen-bond donors (Lipinski definition) is 0. The Morgan fingerprint density at radius 1 is 0.760 bits per heavy atom. The average molecular weight is 395 g/mol. The van der Waals surface area contributed by atoms with E-state index in [1.54, 1.807) is 24.3 Å². The Bertz CT molecular complexity index is 509. The van der Waals surface area contributed by atoms with Crippen LogP contribution in [0, 0.1) is 0 Å². The first-order valence-electron chi connectivity index (χ1n) is 9.61. The zero-order chi connectivity index (χ0) is 17.5. The van der Waals surface area contributed by atoms with Crippen LogP contribution in [0.5, 0.6) is 5.75 Å². The Labute approximate surface area is 199 Å². The minimum Gasteiger partial charge on any atom is -1.00 e. The second-order valence-electron chi connectivity index (χ2n) is 6.55. The van der Waals surface area contributed by atoms with E-state index in [4.69, 9.17) is 4.18 Å². The molecule has 1 rings (SSSR count). The van der Waals surface area contributed by atoms with Crippen molar-refractivity contribution in [1.82, 2.24) is 0 Å². The quantitative estimate of drug-likeness (QED) is 0.261. The van der Waals surface area contributed by atoms with Gasteiger partial charge >= 0.3 is 61.5 Å². The van der Waals surface area contributed by atoms with Gasteiger partial charge in [-0.25, -0.2) is 0 Å². The van der Waals surface area contributed by atoms with Gasteiger partial charge in [-0.05, 0) is 18.6 Å². The van der Waals surface area contributed by atoms with Gasteiger partial charge in [0.25, 0.3) is 0 Å². The fourth-order valence-corrected chi connectivity index (χ4v) is 3.83. The van der Waals surface area contributed by atoms with E-state index in [0.29, 0.717) is 12.2 Å². The summed E-state index contributed by atoms with van der Waals surface area (Å²) in [5.74, 6) is 0.510. The van der Waals surface area contributed by atoms with Crippen molar-refractivity contribution in [2.45, 2.75) is 84.0 Å². The molecule has 0 aromatic heterocycles. The molecule has 0 unspecified atom stereocenters. The maximum absolute atomic E-state index is 11.9.